The highest BCUT2D eigenvalue weighted by Crippen LogP contribution is 2.33. The number of benzene rings is 2. The Morgan fingerprint density at radius 3 is 2.42 bits per heavy atom. The van der Waals surface area contributed by atoms with Crippen molar-refractivity contribution in [1.29, 1.82) is 0 Å². The smallest absolute Gasteiger partial charge is 0.238 e. The first-order valence-electron chi connectivity index (χ1n) is 10.3. The van der Waals surface area contributed by atoms with Crippen LogP contribution in [-0.4, -0.2) is 5.91 Å². The molecule has 0 spiro atoms. The number of carbonyl (C=O) groups excluding carboxylic acids is 1. The second-order valence-electron chi connectivity index (χ2n) is 7.09. The average Bonchev–Trinajstić information content (AvgIpc) is 3.22. The van der Waals surface area contributed by atoms with Crippen molar-refractivity contribution in [3.05, 3.63) is 106 Å². The number of allylic oxidation sites excluding steroid dienone is 2. The molecule has 164 valence electrons. The lowest BCUT2D eigenvalue weighted by atomic mass is 9.81. The Labute approximate surface area is 192 Å². The van der Waals surface area contributed by atoms with Gasteiger partial charge in [-0.1, -0.05) is 76.4 Å². The lowest BCUT2D eigenvalue weighted by Gasteiger charge is -2.25. The standard InChI is InChI=1S/C25H25NOS.C2H6.CH4/c1-5-25(4,22-10-8-7-9-11-22)24(27)26-23-13-12-19-14-20(15-21(19)16-23)18(3)17-28-6-2;1-2;/h5-14,16-17H,1-2,15H2,3-4H3,(H,26,27);1-2H3;1H4/b18-17+;;/t25-;;/m0../s1. The quantitative estimate of drug-likeness (QED) is 0.446. The maximum atomic E-state index is 13.0. The molecule has 0 aliphatic heterocycles. The Bertz CT molecular complexity index is 972. The molecule has 0 bridgehead atoms. The maximum Gasteiger partial charge on any atom is 0.238 e. The van der Waals surface area contributed by atoms with Crippen LogP contribution < -0.4 is 5.32 Å². The number of nitrogens with one attached hydrogen (secondary N) is 1. The molecular weight excluding hydrogens is 398 g/mol. The molecule has 1 aliphatic rings. The maximum absolute atomic E-state index is 13.0. The molecule has 0 saturated heterocycles. The van der Waals surface area contributed by atoms with Crippen LogP contribution in [0.1, 0.15) is 51.8 Å². The molecule has 2 aromatic carbocycles. The molecule has 0 aromatic heterocycles. The van der Waals surface area contributed by atoms with Crippen LogP contribution in [0.2, 0.25) is 0 Å². The zero-order chi connectivity index (χ0) is 22.1. The number of fused-ring (bicyclic) bond motifs is 1. The average molecular weight is 434 g/mol. The highest BCUT2D eigenvalue weighted by molar-refractivity contribution is 8.04. The topological polar surface area (TPSA) is 29.1 Å². The van der Waals surface area contributed by atoms with Crippen LogP contribution in [0.5, 0.6) is 0 Å². The number of thioether (sulfide) groups is 1. The van der Waals surface area contributed by atoms with E-state index in [0.29, 0.717) is 0 Å². The van der Waals surface area contributed by atoms with Crippen LogP contribution >= 0.6 is 11.8 Å². The normalized spacial score (nSPS) is 13.9. The van der Waals surface area contributed by atoms with Crippen molar-refractivity contribution >= 4 is 29.4 Å². The first kappa shape index (κ1) is 26.3. The summed E-state index contributed by atoms with van der Waals surface area (Å²) in [5.41, 5.74) is 5.92. The van der Waals surface area contributed by atoms with Crippen molar-refractivity contribution in [1.82, 2.24) is 0 Å². The zero-order valence-electron chi connectivity index (χ0n) is 18.4. The summed E-state index contributed by atoms with van der Waals surface area (Å²) in [4.78, 5) is 13.0. The number of anilines is 1. The van der Waals surface area contributed by atoms with Crippen molar-refractivity contribution in [3.63, 3.8) is 0 Å². The van der Waals surface area contributed by atoms with Gasteiger partial charge in [-0.2, -0.15) is 0 Å². The van der Waals surface area contributed by atoms with Crippen LogP contribution in [0, 0.1) is 0 Å². The van der Waals surface area contributed by atoms with Gasteiger partial charge >= 0.3 is 0 Å². The van der Waals surface area contributed by atoms with Gasteiger partial charge in [0.05, 0.1) is 5.41 Å². The van der Waals surface area contributed by atoms with Crippen molar-refractivity contribution in [3.8, 4) is 0 Å². The number of amides is 1. The third kappa shape index (κ3) is 6.11. The monoisotopic (exact) mass is 433 g/mol. The molecule has 0 heterocycles. The number of hydrogen-bond acceptors (Lipinski definition) is 2. The molecule has 3 heteroatoms. The summed E-state index contributed by atoms with van der Waals surface area (Å²) in [7, 11) is 0. The minimum atomic E-state index is -0.787. The number of hydrogen-bond donors (Lipinski definition) is 1. The van der Waals surface area contributed by atoms with E-state index >= 15 is 0 Å². The van der Waals surface area contributed by atoms with Crippen LogP contribution in [0.3, 0.4) is 0 Å². The number of rotatable bonds is 7. The fourth-order valence-electron chi connectivity index (χ4n) is 3.29. The van der Waals surface area contributed by atoms with E-state index < -0.39 is 5.41 Å². The van der Waals surface area contributed by atoms with Gasteiger partial charge in [0.2, 0.25) is 5.91 Å². The summed E-state index contributed by atoms with van der Waals surface area (Å²) in [6.45, 7) is 15.6. The van der Waals surface area contributed by atoms with Gasteiger partial charge in [-0.05, 0) is 71.1 Å². The van der Waals surface area contributed by atoms with Gasteiger partial charge in [-0.15, -0.1) is 18.3 Å². The SMILES string of the molecule is C.C=CS/C=C(\C)C1=Cc2ccc(NC(=O)[C@@](C)(C=C)c3ccccc3)cc2C1.CC. The highest BCUT2D eigenvalue weighted by atomic mass is 32.2. The zero-order valence-corrected chi connectivity index (χ0v) is 19.2. The van der Waals surface area contributed by atoms with E-state index in [0.717, 1.165) is 17.7 Å². The Hall–Kier alpha value is -2.78. The van der Waals surface area contributed by atoms with Gasteiger partial charge in [0.1, 0.15) is 0 Å². The summed E-state index contributed by atoms with van der Waals surface area (Å²) in [5.74, 6) is -0.0849. The van der Waals surface area contributed by atoms with E-state index in [1.165, 1.54) is 22.3 Å². The summed E-state index contributed by atoms with van der Waals surface area (Å²) in [5, 5.41) is 7.01. The molecule has 0 radical (unpaired) electrons. The van der Waals surface area contributed by atoms with Crippen LogP contribution in [0.4, 0.5) is 5.69 Å². The largest absolute Gasteiger partial charge is 0.325 e. The molecule has 0 unspecified atom stereocenters. The van der Waals surface area contributed by atoms with Gasteiger partial charge < -0.3 is 5.32 Å². The Morgan fingerprint density at radius 1 is 1.13 bits per heavy atom. The van der Waals surface area contributed by atoms with E-state index in [-0.39, 0.29) is 13.3 Å². The lowest BCUT2D eigenvalue weighted by molar-refractivity contribution is -0.119. The van der Waals surface area contributed by atoms with E-state index in [1.807, 2.05) is 62.6 Å². The predicted molar refractivity (Wildman–Crippen MR) is 140 cm³/mol. The van der Waals surface area contributed by atoms with Gasteiger partial charge in [0, 0.05) is 5.69 Å². The van der Waals surface area contributed by atoms with Crippen LogP contribution in [0.15, 0.2) is 89.7 Å². The Kier molecular flexibility index (Phi) is 10.3. The molecule has 0 fully saturated rings. The molecule has 2 nitrogen and oxygen atoms in total. The van der Waals surface area contributed by atoms with Crippen LogP contribution in [-0.2, 0) is 16.6 Å². The van der Waals surface area contributed by atoms with E-state index in [1.54, 1.807) is 17.8 Å². The first-order chi connectivity index (χ1) is 14.5. The minimum Gasteiger partial charge on any atom is -0.325 e. The van der Waals surface area contributed by atoms with Gasteiger partial charge in [0.15, 0.2) is 0 Å². The Balaban J connectivity index is 0.00000156. The second-order valence-corrected chi connectivity index (χ2v) is 7.93. The second kappa shape index (κ2) is 12.2. The van der Waals surface area contributed by atoms with Crippen molar-refractivity contribution in [2.45, 2.75) is 47.0 Å². The van der Waals surface area contributed by atoms with Crippen LogP contribution in [0.25, 0.3) is 6.08 Å². The summed E-state index contributed by atoms with van der Waals surface area (Å²) >= 11 is 1.59. The molecule has 2 aromatic rings. The van der Waals surface area contributed by atoms with E-state index in [4.69, 9.17) is 0 Å². The molecule has 1 N–H and O–H groups in total. The molecule has 1 atom stereocenters. The summed E-state index contributed by atoms with van der Waals surface area (Å²) in [6, 6.07) is 15.8. The summed E-state index contributed by atoms with van der Waals surface area (Å²) < 4.78 is 0. The van der Waals surface area contributed by atoms with Crippen molar-refractivity contribution < 1.29 is 4.79 Å². The summed E-state index contributed by atoms with van der Waals surface area (Å²) in [6.07, 6.45) is 4.79. The fraction of sp³-hybridized carbons (Fsp3) is 0.250. The fourth-order valence-corrected chi connectivity index (χ4v) is 3.74. The first-order valence-corrected chi connectivity index (χ1v) is 11.2. The van der Waals surface area contributed by atoms with Crippen molar-refractivity contribution in [2.75, 3.05) is 5.32 Å². The lowest BCUT2D eigenvalue weighted by Crippen LogP contribution is -2.35. The minimum absolute atomic E-state index is 0. The van der Waals surface area contributed by atoms with Gasteiger partial charge in [-0.3, -0.25) is 4.79 Å². The third-order valence-electron chi connectivity index (χ3n) is 5.21. The highest BCUT2D eigenvalue weighted by Gasteiger charge is 2.32. The van der Waals surface area contributed by atoms with E-state index in [9.17, 15) is 4.79 Å². The number of carbonyl (C=O) groups is 1. The van der Waals surface area contributed by atoms with E-state index in [2.05, 4.69) is 49.0 Å². The predicted octanol–water partition coefficient (Wildman–Crippen LogP) is 8.15. The van der Waals surface area contributed by atoms with Crippen molar-refractivity contribution in [2.24, 2.45) is 0 Å². The van der Waals surface area contributed by atoms with Gasteiger partial charge in [-0.25, -0.2) is 0 Å². The molecule has 1 amide bonds. The molecular formula is C28H35NOS. The molecule has 3 rings (SSSR count). The Morgan fingerprint density at radius 2 is 1.81 bits per heavy atom. The van der Waals surface area contributed by atoms with Gasteiger partial charge in [0.25, 0.3) is 0 Å². The molecule has 31 heavy (non-hydrogen) atoms. The third-order valence-corrected chi connectivity index (χ3v) is 5.89. The molecule has 1 aliphatic carbocycles. The molecule has 0 saturated carbocycles.